The SMILES string of the molecule is CCc1nn(-c2noc(C3CCN(CC4CN(C(=O)CO)C4)CC3)n2)c2c(F)cccc12. The predicted octanol–water partition coefficient (Wildman–Crippen LogP) is 1.74. The zero-order valence-corrected chi connectivity index (χ0v) is 18.1. The number of fused-ring (bicyclic) bond motifs is 1. The third kappa shape index (κ3) is 3.77. The van der Waals surface area contributed by atoms with Gasteiger partial charge in [0.1, 0.15) is 17.9 Å². The van der Waals surface area contributed by atoms with E-state index in [2.05, 4.69) is 20.1 Å². The number of carbonyl (C=O) groups excluding carboxylic acids is 1. The van der Waals surface area contributed by atoms with E-state index in [1.807, 2.05) is 13.0 Å². The number of para-hydroxylation sites is 1. The lowest BCUT2D eigenvalue weighted by Crippen LogP contribution is -2.55. The summed E-state index contributed by atoms with van der Waals surface area (Å²) in [6.07, 6.45) is 2.49. The topological polar surface area (TPSA) is 101 Å². The minimum Gasteiger partial charge on any atom is -0.387 e. The second-order valence-electron chi connectivity index (χ2n) is 8.68. The van der Waals surface area contributed by atoms with Gasteiger partial charge in [0, 0.05) is 36.9 Å². The van der Waals surface area contributed by atoms with Gasteiger partial charge < -0.3 is 19.4 Å². The predicted molar refractivity (Wildman–Crippen MR) is 114 cm³/mol. The van der Waals surface area contributed by atoms with Gasteiger partial charge in [0.05, 0.1) is 5.69 Å². The van der Waals surface area contributed by atoms with Crippen LogP contribution in [0.15, 0.2) is 22.7 Å². The summed E-state index contributed by atoms with van der Waals surface area (Å²) in [5.74, 6) is 0.917. The largest absolute Gasteiger partial charge is 0.387 e. The molecule has 2 aliphatic heterocycles. The van der Waals surface area contributed by atoms with Gasteiger partial charge in [0.2, 0.25) is 11.8 Å². The molecule has 2 saturated heterocycles. The molecule has 32 heavy (non-hydrogen) atoms. The summed E-state index contributed by atoms with van der Waals surface area (Å²) < 4.78 is 21.5. The molecular formula is C22H27FN6O3. The minimum atomic E-state index is -0.412. The number of benzene rings is 1. The summed E-state index contributed by atoms with van der Waals surface area (Å²) in [7, 11) is 0. The Labute approximate surface area is 184 Å². The molecule has 3 aromatic rings. The number of aliphatic hydroxyl groups is 1. The third-order valence-corrected chi connectivity index (χ3v) is 6.58. The fourth-order valence-corrected chi connectivity index (χ4v) is 4.79. The number of carbonyl (C=O) groups is 1. The molecule has 0 atom stereocenters. The molecule has 1 amide bonds. The number of likely N-dealkylation sites (tertiary alicyclic amines) is 2. The van der Waals surface area contributed by atoms with Crippen LogP contribution in [0.3, 0.4) is 0 Å². The van der Waals surface area contributed by atoms with Gasteiger partial charge >= 0.3 is 0 Å². The molecule has 0 spiro atoms. The minimum absolute atomic E-state index is 0.165. The summed E-state index contributed by atoms with van der Waals surface area (Å²) in [6.45, 7) is 5.82. The van der Waals surface area contributed by atoms with E-state index in [0.717, 1.165) is 56.6 Å². The van der Waals surface area contributed by atoms with Gasteiger partial charge in [-0.2, -0.15) is 14.8 Å². The van der Waals surface area contributed by atoms with Crippen LogP contribution >= 0.6 is 0 Å². The highest BCUT2D eigenvalue weighted by Gasteiger charge is 2.33. The lowest BCUT2D eigenvalue weighted by atomic mass is 9.94. The maximum absolute atomic E-state index is 14.5. The molecule has 2 aromatic heterocycles. The Morgan fingerprint density at radius 3 is 2.78 bits per heavy atom. The van der Waals surface area contributed by atoms with Crippen molar-refractivity contribution in [1.29, 1.82) is 0 Å². The standard InChI is InChI=1S/C22H27FN6O3/c1-2-18-16-4-3-5-17(23)20(16)29(25-18)22-24-21(32-26-22)15-6-8-27(9-7-15)10-14-11-28(12-14)19(31)13-30/h3-5,14-15,30H,2,6-13H2,1H3. The summed E-state index contributed by atoms with van der Waals surface area (Å²) in [5, 5.41) is 18.3. The second-order valence-corrected chi connectivity index (χ2v) is 8.68. The van der Waals surface area contributed by atoms with E-state index in [9.17, 15) is 9.18 Å². The Balaban J connectivity index is 1.22. The maximum Gasteiger partial charge on any atom is 0.291 e. The average Bonchev–Trinajstić information content (AvgIpc) is 3.41. The number of aromatic nitrogens is 4. The van der Waals surface area contributed by atoms with Crippen molar-refractivity contribution in [3.8, 4) is 5.95 Å². The van der Waals surface area contributed by atoms with E-state index >= 15 is 0 Å². The van der Waals surface area contributed by atoms with E-state index in [-0.39, 0.29) is 23.6 Å². The fourth-order valence-electron chi connectivity index (χ4n) is 4.79. The zero-order valence-electron chi connectivity index (χ0n) is 18.1. The molecule has 0 unspecified atom stereocenters. The van der Waals surface area contributed by atoms with Gasteiger partial charge in [-0.3, -0.25) is 4.79 Å². The van der Waals surface area contributed by atoms with E-state index in [4.69, 9.17) is 9.63 Å². The van der Waals surface area contributed by atoms with Crippen LogP contribution < -0.4 is 0 Å². The number of amides is 1. The molecule has 0 radical (unpaired) electrons. The van der Waals surface area contributed by atoms with Crippen LogP contribution in [0.1, 0.15) is 37.3 Å². The van der Waals surface area contributed by atoms with E-state index in [0.29, 0.717) is 23.7 Å². The number of hydrogen-bond donors (Lipinski definition) is 1. The third-order valence-electron chi connectivity index (χ3n) is 6.58. The van der Waals surface area contributed by atoms with Crippen molar-refractivity contribution in [3.05, 3.63) is 35.6 Å². The van der Waals surface area contributed by atoms with Crippen molar-refractivity contribution in [2.45, 2.75) is 32.1 Å². The molecule has 1 N–H and O–H groups in total. The van der Waals surface area contributed by atoms with E-state index < -0.39 is 6.61 Å². The van der Waals surface area contributed by atoms with Crippen molar-refractivity contribution >= 4 is 16.8 Å². The number of hydrogen-bond acceptors (Lipinski definition) is 7. The number of nitrogens with zero attached hydrogens (tertiary/aromatic N) is 6. The fraction of sp³-hybridized carbons (Fsp3) is 0.545. The first-order chi connectivity index (χ1) is 15.6. The first-order valence-corrected chi connectivity index (χ1v) is 11.2. The molecule has 4 heterocycles. The smallest absolute Gasteiger partial charge is 0.291 e. The Bertz CT molecular complexity index is 1110. The number of halogens is 1. The number of aliphatic hydroxyl groups excluding tert-OH is 1. The summed E-state index contributed by atoms with van der Waals surface area (Å²) >= 11 is 0. The van der Waals surface area contributed by atoms with Crippen LogP contribution in [-0.4, -0.2) is 80.1 Å². The number of aryl methyl sites for hydroxylation is 1. The molecule has 0 bridgehead atoms. The van der Waals surface area contributed by atoms with Crippen LogP contribution in [0, 0.1) is 11.7 Å². The molecular weight excluding hydrogens is 415 g/mol. The van der Waals surface area contributed by atoms with Gasteiger partial charge in [-0.15, -0.1) is 0 Å². The van der Waals surface area contributed by atoms with Crippen LogP contribution in [0.2, 0.25) is 0 Å². The molecule has 2 fully saturated rings. The van der Waals surface area contributed by atoms with E-state index in [1.54, 1.807) is 11.0 Å². The van der Waals surface area contributed by atoms with Crippen molar-refractivity contribution < 1.29 is 18.8 Å². The number of rotatable bonds is 6. The molecule has 0 saturated carbocycles. The lowest BCUT2D eigenvalue weighted by Gasteiger charge is -2.42. The first kappa shape index (κ1) is 21.0. The van der Waals surface area contributed by atoms with Crippen LogP contribution in [0.5, 0.6) is 0 Å². The van der Waals surface area contributed by atoms with Gasteiger partial charge in [-0.05, 0) is 43.6 Å². The number of piperidine rings is 1. The molecule has 0 aliphatic carbocycles. The van der Waals surface area contributed by atoms with Crippen molar-refractivity contribution in [2.75, 3.05) is 39.3 Å². The summed E-state index contributed by atoms with van der Waals surface area (Å²) in [5.41, 5.74) is 1.18. The highest BCUT2D eigenvalue weighted by Crippen LogP contribution is 2.30. The highest BCUT2D eigenvalue weighted by atomic mass is 19.1. The molecule has 1 aromatic carbocycles. The molecule has 10 heteroatoms. The second kappa shape index (κ2) is 8.59. The molecule has 5 rings (SSSR count). The summed E-state index contributed by atoms with van der Waals surface area (Å²) in [4.78, 5) is 20.1. The van der Waals surface area contributed by atoms with Crippen molar-refractivity contribution in [3.63, 3.8) is 0 Å². The van der Waals surface area contributed by atoms with Gasteiger partial charge in [-0.25, -0.2) is 4.39 Å². The normalized spacial score (nSPS) is 18.4. The average molecular weight is 442 g/mol. The lowest BCUT2D eigenvalue weighted by molar-refractivity contribution is -0.141. The van der Waals surface area contributed by atoms with Gasteiger partial charge in [0.15, 0.2) is 0 Å². The Morgan fingerprint density at radius 2 is 2.06 bits per heavy atom. The zero-order chi connectivity index (χ0) is 22.2. The molecule has 2 aliphatic rings. The Kier molecular flexibility index (Phi) is 5.64. The van der Waals surface area contributed by atoms with Crippen LogP contribution in [0.4, 0.5) is 4.39 Å². The Morgan fingerprint density at radius 1 is 1.28 bits per heavy atom. The van der Waals surface area contributed by atoms with Crippen LogP contribution in [0.25, 0.3) is 16.9 Å². The Hall–Kier alpha value is -2.85. The quantitative estimate of drug-likeness (QED) is 0.621. The molecule has 170 valence electrons. The molecule has 9 nitrogen and oxygen atoms in total. The first-order valence-electron chi connectivity index (χ1n) is 11.2. The van der Waals surface area contributed by atoms with Gasteiger partial charge in [-0.1, -0.05) is 19.1 Å². The highest BCUT2D eigenvalue weighted by molar-refractivity contribution is 5.83. The van der Waals surface area contributed by atoms with Gasteiger partial charge in [0.25, 0.3) is 5.95 Å². The van der Waals surface area contributed by atoms with Crippen molar-refractivity contribution in [2.24, 2.45) is 5.92 Å². The summed E-state index contributed by atoms with van der Waals surface area (Å²) in [6, 6.07) is 4.96. The van der Waals surface area contributed by atoms with E-state index in [1.165, 1.54) is 10.7 Å². The maximum atomic E-state index is 14.5. The monoisotopic (exact) mass is 442 g/mol. The van der Waals surface area contributed by atoms with Crippen LogP contribution in [-0.2, 0) is 11.2 Å². The van der Waals surface area contributed by atoms with Crippen molar-refractivity contribution in [1.82, 2.24) is 29.7 Å².